The summed E-state index contributed by atoms with van der Waals surface area (Å²) >= 11 is 0. The number of Topliss-reactive ketones (excluding diaryl/α,β-unsaturated/α-hetero) is 1. The first-order valence-electron chi connectivity index (χ1n) is 5.96. The molecule has 0 aromatic heterocycles. The van der Waals surface area contributed by atoms with Crippen molar-refractivity contribution >= 4 is 23.3 Å². The average Bonchev–Trinajstić information content (AvgIpc) is 2.62. The second-order valence-electron chi connectivity index (χ2n) is 4.12. The highest BCUT2D eigenvalue weighted by molar-refractivity contribution is 6.52. The smallest absolute Gasteiger partial charge is 0.307 e. The number of carbonyl (C=O) groups is 3. The standard InChI is InChI=1S/C13H11F2NO4/c1-2-20-11(17)3-4-16-10-6-9(15)8(14)5-7(10)12(18)13(16)19/h5-6H,2-4H2,1H3. The molecule has 106 valence electrons. The Kier molecular flexibility index (Phi) is 3.78. The molecule has 0 fully saturated rings. The Morgan fingerprint density at radius 3 is 2.55 bits per heavy atom. The summed E-state index contributed by atoms with van der Waals surface area (Å²) in [6.45, 7) is 1.71. The van der Waals surface area contributed by atoms with E-state index in [0.717, 1.165) is 11.0 Å². The lowest BCUT2D eigenvalue weighted by atomic mass is 10.1. The highest BCUT2D eigenvalue weighted by Gasteiger charge is 2.37. The van der Waals surface area contributed by atoms with Crippen LogP contribution in [0, 0.1) is 11.6 Å². The first-order valence-corrected chi connectivity index (χ1v) is 5.96. The number of hydrogen-bond acceptors (Lipinski definition) is 4. The quantitative estimate of drug-likeness (QED) is 0.619. The molecule has 0 N–H and O–H groups in total. The molecule has 1 aliphatic heterocycles. The first-order chi connectivity index (χ1) is 9.45. The van der Waals surface area contributed by atoms with Crippen LogP contribution in [-0.4, -0.2) is 30.8 Å². The molecular formula is C13H11F2NO4. The van der Waals surface area contributed by atoms with Crippen LogP contribution in [0.25, 0.3) is 0 Å². The van der Waals surface area contributed by atoms with Gasteiger partial charge in [-0.3, -0.25) is 14.4 Å². The molecule has 1 aliphatic rings. The molecular weight excluding hydrogens is 272 g/mol. The number of hydrogen-bond donors (Lipinski definition) is 0. The third-order valence-electron chi connectivity index (χ3n) is 2.86. The van der Waals surface area contributed by atoms with Gasteiger partial charge in [-0.25, -0.2) is 8.78 Å². The van der Waals surface area contributed by atoms with Crippen molar-refractivity contribution in [3.63, 3.8) is 0 Å². The van der Waals surface area contributed by atoms with E-state index in [2.05, 4.69) is 0 Å². The third-order valence-corrected chi connectivity index (χ3v) is 2.86. The molecule has 0 spiro atoms. The molecule has 0 saturated heterocycles. The lowest BCUT2D eigenvalue weighted by Crippen LogP contribution is -2.32. The van der Waals surface area contributed by atoms with Crippen molar-refractivity contribution in [2.45, 2.75) is 13.3 Å². The third kappa shape index (κ3) is 2.38. The summed E-state index contributed by atoms with van der Waals surface area (Å²) in [5, 5.41) is 0. The predicted molar refractivity (Wildman–Crippen MR) is 64.3 cm³/mol. The number of rotatable bonds is 4. The van der Waals surface area contributed by atoms with Crippen molar-refractivity contribution in [1.29, 1.82) is 0 Å². The second kappa shape index (κ2) is 5.36. The van der Waals surface area contributed by atoms with Gasteiger partial charge in [0.2, 0.25) is 0 Å². The molecule has 20 heavy (non-hydrogen) atoms. The van der Waals surface area contributed by atoms with Gasteiger partial charge in [-0.1, -0.05) is 0 Å². The Morgan fingerprint density at radius 2 is 1.90 bits per heavy atom. The minimum atomic E-state index is -1.20. The minimum absolute atomic E-state index is 0.0248. The van der Waals surface area contributed by atoms with E-state index in [1.807, 2.05) is 0 Å². The van der Waals surface area contributed by atoms with Crippen molar-refractivity contribution in [3.05, 3.63) is 29.3 Å². The molecule has 1 amide bonds. The van der Waals surface area contributed by atoms with Crippen molar-refractivity contribution in [2.75, 3.05) is 18.1 Å². The van der Waals surface area contributed by atoms with Gasteiger partial charge in [-0.05, 0) is 13.0 Å². The van der Waals surface area contributed by atoms with Crippen LogP contribution >= 0.6 is 0 Å². The van der Waals surface area contributed by atoms with Crippen LogP contribution in [-0.2, 0) is 14.3 Å². The van der Waals surface area contributed by atoms with Crippen LogP contribution in [0.4, 0.5) is 14.5 Å². The number of benzene rings is 1. The molecule has 1 aromatic carbocycles. The Bertz CT molecular complexity index is 600. The second-order valence-corrected chi connectivity index (χ2v) is 4.12. The molecule has 1 heterocycles. The molecule has 0 unspecified atom stereocenters. The van der Waals surface area contributed by atoms with Crippen LogP contribution < -0.4 is 4.90 Å². The fourth-order valence-corrected chi connectivity index (χ4v) is 1.95. The topological polar surface area (TPSA) is 63.7 Å². The van der Waals surface area contributed by atoms with Crippen molar-refractivity contribution < 1.29 is 27.9 Å². The summed E-state index contributed by atoms with van der Waals surface area (Å²) in [5.74, 6) is -4.72. The van der Waals surface area contributed by atoms with Gasteiger partial charge >= 0.3 is 5.97 Å². The summed E-state index contributed by atoms with van der Waals surface area (Å²) < 4.78 is 31.0. The van der Waals surface area contributed by atoms with Crippen LogP contribution in [0.15, 0.2) is 12.1 Å². The van der Waals surface area contributed by atoms with E-state index in [1.54, 1.807) is 6.92 Å². The van der Waals surface area contributed by atoms with Crippen LogP contribution in [0.2, 0.25) is 0 Å². The largest absolute Gasteiger partial charge is 0.466 e. The van der Waals surface area contributed by atoms with Gasteiger partial charge in [0.15, 0.2) is 11.6 Å². The normalized spacial score (nSPS) is 13.7. The monoisotopic (exact) mass is 283 g/mol. The number of esters is 1. The molecule has 2 rings (SSSR count). The molecule has 0 atom stereocenters. The van der Waals surface area contributed by atoms with Gasteiger partial charge in [0.1, 0.15) is 0 Å². The van der Waals surface area contributed by atoms with Crippen molar-refractivity contribution in [3.8, 4) is 0 Å². The number of halogens is 2. The Balaban J connectivity index is 2.24. The van der Waals surface area contributed by atoms with E-state index < -0.39 is 29.3 Å². The average molecular weight is 283 g/mol. The molecule has 5 nitrogen and oxygen atoms in total. The van der Waals surface area contributed by atoms with Crippen LogP contribution in [0.5, 0.6) is 0 Å². The first kappa shape index (κ1) is 14.1. The van der Waals surface area contributed by atoms with Crippen LogP contribution in [0.3, 0.4) is 0 Å². The Labute approximate surface area is 113 Å². The number of fused-ring (bicyclic) bond motifs is 1. The molecule has 0 aliphatic carbocycles. The SMILES string of the molecule is CCOC(=O)CCN1C(=O)C(=O)c2cc(F)c(F)cc21. The summed E-state index contributed by atoms with van der Waals surface area (Å²) in [6.07, 6.45) is -0.134. The summed E-state index contributed by atoms with van der Waals surface area (Å²) in [4.78, 5) is 35.6. The Morgan fingerprint density at radius 1 is 1.25 bits per heavy atom. The summed E-state index contributed by atoms with van der Waals surface area (Å²) in [5.41, 5.74) is -0.221. The van der Waals surface area contributed by atoms with E-state index in [4.69, 9.17) is 4.74 Å². The highest BCUT2D eigenvalue weighted by Crippen LogP contribution is 2.31. The molecule has 0 saturated carbocycles. The zero-order valence-electron chi connectivity index (χ0n) is 10.6. The Hall–Kier alpha value is -2.31. The van der Waals surface area contributed by atoms with E-state index >= 15 is 0 Å². The lowest BCUT2D eigenvalue weighted by molar-refractivity contribution is -0.142. The number of carbonyl (C=O) groups excluding carboxylic acids is 3. The molecule has 7 heteroatoms. The fraction of sp³-hybridized carbons (Fsp3) is 0.308. The van der Waals surface area contributed by atoms with E-state index in [0.29, 0.717) is 6.07 Å². The van der Waals surface area contributed by atoms with Gasteiger partial charge in [0, 0.05) is 12.6 Å². The van der Waals surface area contributed by atoms with Gasteiger partial charge in [-0.15, -0.1) is 0 Å². The maximum Gasteiger partial charge on any atom is 0.307 e. The van der Waals surface area contributed by atoms with Gasteiger partial charge in [0.25, 0.3) is 11.7 Å². The number of nitrogens with zero attached hydrogens (tertiary/aromatic N) is 1. The maximum absolute atomic E-state index is 13.2. The fourth-order valence-electron chi connectivity index (χ4n) is 1.95. The lowest BCUT2D eigenvalue weighted by Gasteiger charge is -2.15. The zero-order chi connectivity index (χ0) is 14.9. The highest BCUT2D eigenvalue weighted by atomic mass is 19.2. The predicted octanol–water partition coefficient (Wildman–Crippen LogP) is 1.45. The van der Waals surface area contributed by atoms with Crippen molar-refractivity contribution in [2.24, 2.45) is 0 Å². The van der Waals surface area contributed by atoms with Gasteiger partial charge in [-0.2, -0.15) is 0 Å². The summed E-state index contributed by atoms with van der Waals surface area (Å²) in [6, 6.07) is 1.47. The minimum Gasteiger partial charge on any atom is -0.466 e. The molecule has 0 bridgehead atoms. The number of ether oxygens (including phenoxy) is 1. The number of ketones is 1. The van der Waals surface area contributed by atoms with Crippen molar-refractivity contribution in [1.82, 2.24) is 0 Å². The van der Waals surface area contributed by atoms with Crippen LogP contribution in [0.1, 0.15) is 23.7 Å². The molecule has 0 radical (unpaired) electrons. The summed E-state index contributed by atoms with van der Waals surface area (Å²) in [7, 11) is 0. The van der Waals surface area contributed by atoms with E-state index in [1.165, 1.54) is 0 Å². The number of amides is 1. The zero-order valence-corrected chi connectivity index (χ0v) is 10.6. The van der Waals surface area contributed by atoms with Gasteiger partial charge < -0.3 is 9.64 Å². The van der Waals surface area contributed by atoms with Gasteiger partial charge in [0.05, 0.1) is 24.3 Å². The van der Waals surface area contributed by atoms with E-state index in [-0.39, 0.29) is 30.8 Å². The van der Waals surface area contributed by atoms with E-state index in [9.17, 15) is 23.2 Å². The number of anilines is 1. The molecule has 1 aromatic rings. The maximum atomic E-state index is 13.2.